The molecule has 0 radical (unpaired) electrons. The Balaban J connectivity index is 2.53. The lowest BCUT2D eigenvalue weighted by molar-refractivity contribution is 0.219. The summed E-state index contributed by atoms with van der Waals surface area (Å²) in [5.74, 6) is 0. The Kier molecular flexibility index (Phi) is 4.34. The van der Waals surface area contributed by atoms with Crippen LogP contribution in [0.15, 0.2) is 34.8 Å². The van der Waals surface area contributed by atoms with E-state index in [0.717, 1.165) is 32.3 Å². The molecule has 0 aliphatic heterocycles. The van der Waals surface area contributed by atoms with E-state index in [0.29, 0.717) is 5.02 Å². The number of aryl methyl sites for hydroxylation is 3. The Morgan fingerprint density at radius 3 is 2.32 bits per heavy atom. The van der Waals surface area contributed by atoms with E-state index >= 15 is 0 Å². The van der Waals surface area contributed by atoms with E-state index in [1.165, 1.54) is 0 Å². The number of benzene rings is 2. The first-order valence-corrected chi connectivity index (χ1v) is 7.28. The van der Waals surface area contributed by atoms with Gasteiger partial charge in [-0.1, -0.05) is 51.8 Å². The molecule has 2 aromatic rings. The van der Waals surface area contributed by atoms with Gasteiger partial charge in [0.2, 0.25) is 0 Å². The van der Waals surface area contributed by atoms with Gasteiger partial charge in [0.1, 0.15) is 6.10 Å². The molecule has 2 aromatic carbocycles. The molecule has 1 nitrogen and oxygen atoms in total. The summed E-state index contributed by atoms with van der Waals surface area (Å²) in [6, 6.07) is 9.71. The maximum absolute atomic E-state index is 10.6. The fourth-order valence-corrected chi connectivity index (χ4v) is 2.86. The predicted octanol–water partition coefficient (Wildman–Crippen LogP) is 5.11. The van der Waals surface area contributed by atoms with E-state index in [1.54, 1.807) is 0 Å². The Hall–Kier alpha value is -0.830. The molecule has 0 fully saturated rings. The van der Waals surface area contributed by atoms with Gasteiger partial charge in [-0.05, 0) is 49.1 Å². The van der Waals surface area contributed by atoms with Gasteiger partial charge in [0.15, 0.2) is 0 Å². The lowest BCUT2D eigenvalue weighted by atomic mass is 9.97. The van der Waals surface area contributed by atoms with Crippen molar-refractivity contribution in [3.63, 3.8) is 0 Å². The van der Waals surface area contributed by atoms with Crippen LogP contribution in [0.3, 0.4) is 0 Å². The van der Waals surface area contributed by atoms with E-state index < -0.39 is 6.10 Å². The molecular formula is C16H16BrClO. The Morgan fingerprint density at radius 2 is 1.63 bits per heavy atom. The largest absolute Gasteiger partial charge is 0.384 e. The minimum Gasteiger partial charge on any atom is -0.384 e. The highest BCUT2D eigenvalue weighted by molar-refractivity contribution is 9.10. The molecule has 0 saturated carbocycles. The Bertz CT molecular complexity index is 622. The molecule has 0 aliphatic carbocycles. The highest BCUT2D eigenvalue weighted by Crippen LogP contribution is 2.35. The van der Waals surface area contributed by atoms with Crippen LogP contribution < -0.4 is 0 Å². The highest BCUT2D eigenvalue weighted by atomic mass is 79.9. The summed E-state index contributed by atoms with van der Waals surface area (Å²) in [4.78, 5) is 0. The molecule has 2 rings (SSSR count). The number of hydrogen-bond acceptors (Lipinski definition) is 1. The standard InChI is InChI=1S/C16H16BrClO/c1-9-5-4-6-12(15(9)17)16(19)13-7-10(2)11(3)8-14(13)18/h4-8,16,19H,1-3H3. The van der Waals surface area contributed by atoms with Gasteiger partial charge in [-0.15, -0.1) is 0 Å². The van der Waals surface area contributed by atoms with Gasteiger partial charge in [-0.3, -0.25) is 0 Å². The molecule has 1 atom stereocenters. The normalized spacial score (nSPS) is 12.5. The van der Waals surface area contributed by atoms with Crippen LogP contribution >= 0.6 is 27.5 Å². The zero-order valence-corrected chi connectivity index (χ0v) is 13.5. The third-order valence-corrected chi connectivity index (χ3v) is 4.83. The van der Waals surface area contributed by atoms with Crippen LogP contribution in [-0.4, -0.2) is 5.11 Å². The second-order valence-corrected chi connectivity index (χ2v) is 6.04. The lowest BCUT2D eigenvalue weighted by Crippen LogP contribution is -2.03. The van der Waals surface area contributed by atoms with Crippen molar-refractivity contribution in [3.05, 3.63) is 67.6 Å². The summed E-state index contributed by atoms with van der Waals surface area (Å²) >= 11 is 9.80. The van der Waals surface area contributed by atoms with Gasteiger partial charge >= 0.3 is 0 Å². The average Bonchev–Trinajstić information content (AvgIpc) is 2.36. The van der Waals surface area contributed by atoms with Crippen molar-refractivity contribution in [2.45, 2.75) is 26.9 Å². The summed E-state index contributed by atoms with van der Waals surface area (Å²) in [6.45, 7) is 6.04. The molecule has 100 valence electrons. The monoisotopic (exact) mass is 338 g/mol. The van der Waals surface area contributed by atoms with Gasteiger partial charge < -0.3 is 5.11 Å². The highest BCUT2D eigenvalue weighted by Gasteiger charge is 2.18. The van der Waals surface area contributed by atoms with Crippen molar-refractivity contribution < 1.29 is 5.11 Å². The van der Waals surface area contributed by atoms with Crippen LogP contribution in [0.4, 0.5) is 0 Å². The molecule has 0 amide bonds. The molecular weight excluding hydrogens is 324 g/mol. The van der Waals surface area contributed by atoms with Gasteiger partial charge in [0.25, 0.3) is 0 Å². The van der Waals surface area contributed by atoms with Gasteiger partial charge in [-0.25, -0.2) is 0 Å². The average molecular weight is 340 g/mol. The van der Waals surface area contributed by atoms with Crippen molar-refractivity contribution in [3.8, 4) is 0 Å². The van der Waals surface area contributed by atoms with Crippen LogP contribution in [-0.2, 0) is 0 Å². The van der Waals surface area contributed by atoms with Crippen LogP contribution in [0.2, 0.25) is 5.02 Å². The van der Waals surface area contributed by atoms with Gasteiger partial charge in [-0.2, -0.15) is 0 Å². The SMILES string of the molecule is Cc1cc(Cl)c(C(O)c2cccc(C)c2Br)cc1C. The van der Waals surface area contributed by atoms with Crippen molar-refractivity contribution in [1.82, 2.24) is 0 Å². The maximum Gasteiger partial charge on any atom is 0.107 e. The molecule has 1 N–H and O–H groups in total. The van der Waals surface area contributed by atoms with Crippen molar-refractivity contribution in [2.24, 2.45) is 0 Å². The van der Waals surface area contributed by atoms with E-state index in [2.05, 4.69) is 15.9 Å². The van der Waals surface area contributed by atoms with E-state index in [9.17, 15) is 5.11 Å². The quantitative estimate of drug-likeness (QED) is 0.806. The number of rotatable bonds is 2. The molecule has 0 heterocycles. The summed E-state index contributed by atoms with van der Waals surface area (Å²) in [5, 5.41) is 11.2. The third kappa shape index (κ3) is 2.86. The molecule has 1 unspecified atom stereocenters. The molecule has 0 aliphatic rings. The zero-order chi connectivity index (χ0) is 14.2. The van der Waals surface area contributed by atoms with Crippen LogP contribution in [0, 0.1) is 20.8 Å². The van der Waals surface area contributed by atoms with Gasteiger partial charge in [0, 0.05) is 15.1 Å². The molecule has 0 aromatic heterocycles. The summed E-state index contributed by atoms with van der Waals surface area (Å²) < 4.78 is 0.928. The number of halogens is 2. The fourth-order valence-electron chi connectivity index (χ4n) is 2.06. The van der Waals surface area contributed by atoms with E-state index in [4.69, 9.17) is 11.6 Å². The minimum absolute atomic E-state index is 0.601. The minimum atomic E-state index is -0.721. The second-order valence-electron chi connectivity index (χ2n) is 4.84. The number of aliphatic hydroxyl groups is 1. The molecule has 3 heteroatoms. The van der Waals surface area contributed by atoms with Crippen molar-refractivity contribution >= 4 is 27.5 Å². The van der Waals surface area contributed by atoms with Crippen molar-refractivity contribution in [2.75, 3.05) is 0 Å². The van der Waals surface area contributed by atoms with Gasteiger partial charge in [0.05, 0.1) is 0 Å². The first kappa shape index (κ1) is 14.6. The second kappa shape index (κ2) is 5.66. The number of aliphatic hydroxyl groups excluding tert-OH is 1. The van der Waals surface area contributed by atoms with Crippen LogP contribution in [0.25, 0.3) is 0 Å². The molecule has 0 spiro atoms. The van der Waals surface area contributed by atoms with E-state index in [-0.39, 0.29) is 0 Å². The third-order valence-electron chi connectivity index (χ3n) is 3.42. The summed E-state index contributed by atoms with van der Waals surface area (Å²) in [5.41, 5.74) is 4.93. The Morgan fingerprint density at radius 1 is 1.00 bits per heavy atom. The first-order chi connectivity index (χ1) is 8.91. The number of hydrogen-bond donors (Lipinski definition) is 1. The van der Waals surface area contributed by atoms with Crippen LogP contribution in [0.5, 0.6) is 0 Å². The molecule has 0 bridgehead atoms. The Labute approximate surface area is 127 Å². The van der Waals surface area contributed by atoms with Crippen molar-refractivity contribution in [1.29, 1.82) is 0 Å². The maximum atomic E-state index is 10.6. The summed E-state index contributed by atoms with van der Waals surface area (Å²) in [7, 11) is 0. The molecule has 0 saturated heterocycles. The molecule has 19 heavy (non-hydrogen) atoms. The first-order valence-electron chi connectivity index (χ1n) is 6.11. The fraction of sp³-hybridized carbons (Fsp3) is 0.250. The lowest BCUT2D eigenvalue weighted by Gasteiger charge is -2.17. The predicted molar refractivity (Wildman–Crippen MR) is 83.9 cm³/mol. The van der Waals surface area contributed by atoms with Crippen LogP contribution in [0.1, 0.15) is 33.9 Å². The smallest absolute Gasteiger partial charge is 0.107 e. The van der Waals surface area contributed by atoms with E-state index in [1.807, 2.05) is 51.1 Å². The zero-order valence-electron chi connectivity index (χ0n) is 11.2. The topological polar surface area (TPSA) is 20.2 Å². The summed E-state index contributed by atoms with van der Waals surface area (Å²) in [6.07, 6.45) is -0.721.